The molecular formula is C12H9ClO4. The molecule has 0 aliphatic carbocycles. The Labute approximate surface area is 102 Å². The van der Waals surface area contributed by atoms with Crippen LogP contribution < -0.4 is 4.74 Å². The maximum atomic E-state index is 9.52. The molecule has 0 fully saturated rings. The summed E-state index contributed by atoms with van der Waals surface area (Å²) in [6.07, 6.45) is 0. The molecule has 5 heteroatoms. The molecule has 0 heterocycles. The van der Waals surface area contributed by atoms with E-state index in [4.69, 9.17) is 21.4 Å². The highest BCUT2D eigenvalue weighted by molar-refractivity contribution is 6.33. The molecule has 0 aliphatic heterocycles. The van der Waals surface area contributed by atoms with Gasteiger partial charge >= 0.3 is 0 Å². The minimum absolute atomic E-state index is 0.0555. The molecule has 2 aromatic carbocycles. The molecule has 88 valence electrons. The van der Waals surface area contributed by atoms with Crippen molar-refractivity contribution < 1.29 is 20.1 Å². The number of rotatable bonds is 2. The third-order valence-corrected chi connectivity index (χ3v) is 2.49. The minimum Gasteiger partial charge on any atom is -0.508 e. The van der Waals surface area contributed by atoms with Crippen LogP contribution in [0.25, 0.3) is 0 Å². The third-order valence-electron chi connectivity index (χ3n) is 2.11. The summed E-state index contributed by atoms with van der Waals surface area (Å²) in [6, 6.07) is 8.44. The van der Waals surface area contributed by atoms with Crippen LogP contribution in [0.5, 0.6) is 28.7 Å². The van der Waals surface area contributed by atoms with Crippen LogP contribution in [0.4, 0.5) is 0 Å². The van der Waals surface area contributed by atoms with Gasteiger partial charge in [-0.15, -0.1) is 0 Å². The molecule has 0 unspecified atom stereocenters. The maximum Gasteiger partial charge on any atom is 0.169 e. The van der Waals surface area contributed by atoms with Crippen molar-refractivity contribution in [2.75, 3.05) is 0 Å². The second-order valence-corrected chi connectivity index (χ2v) is 3.72. The maximum absolute atomic E-state index is 9.52. The van der Waals surface area contributed by atoms with Gasteiger partial charge in [-0.25, -0.2) is 0 Å². The highest BCUT2D eigenvalue weighted by atomic mass is 35.5. The van der Waals surface area contributed by atoms with Crippen LogP contribution in [0.3, 0.4) is 0 Å². The molecule has 0 bridgehead atoms. The number of phenolic OH excluding ortho intramolecular Hbond substituents is 3. The molecule has 0 saturated carbocycles. The van der Waals surface area contributed by atoms with Gasteiger partial charge in [0.05, 0.1) is 0 Å². The van der Waals surface area contributed by atoms with Crippen molar-refractivity contribution in [2.24, 2.45) is 0 Å². The van der Waals surface area contributed by atoms with Gasteiger partial charge in [0.25, 0.3) is 0 Å². The van der Waals surface area contributed by atoms with E-state index < -0.39 is 0 Å². The monoisotopic (exact) mass is 252 g/mol. The van der Waals surface area contributed by atoms with Crippen LogP contribution in [0.2, 0.25) is 5.02 Å². The average Bonchev–Trinajstić information content (AvgIpc) is 2.28. The number of hydrogen-bond donors (Lipinski definition) is 3. The number of hydrogen-bond acceptors (Lipinski definition) is 4. The van der Waals surface area contributed by atoms with Gasteiger partial charge in [-0.1, -0.05) is 17.7 Å². The van der Waals surface area contributed by atoms with Crippen molar-refractivity contribution in [1.82, 2.24) is 0 Å². The summed E-state index contributed by atoms with van der Waals surface area (Å²) in [6.45, 7) is 0. The largest absolute Gasteiger partial charge is 0.508 e. The molecule has 0 radical (unpaired) electrons. The summed E-state index contributed by atoms with van der Waals surface area (Å²) in [4.78, 5) is 0. The van der Waals surface area contributed by atoms with Gasteiger partial charge in [0, 0.05) is 6.07 Å². The van der Waals surface area contributed by atoms with Gasteiger partial charge in [-0.05, 0) is 24.3 Å². The first-order valence-electron chi connectivity index (χ1n) is 4.75. The molecule has 0 saturated heterocycles. The first-order valence-corrected chi connectivity index (χ1v) is 5.13. The molecule has 0 amide bonds. The van der Waals surface area contributed by atoms with Gasteiger partial charge < -0.3 is 20.1 Å². The van der Waals surface area contributed by atoms with Gasteiger partial charge in [0.2, 0.25) is 0 Å². The molecule has 0 aliphatic rings. The molecule has 4 nitrogen and oxygen atoms in total. The van der Waals surface area contributed by atoms with Gasteiger partial charge in [-0.2, -0.15) is 0 Å². The predicted molar refractivity (Wildman–Crippen MR) is 63.0 cm³/mol. The first-order chi connectivity index (χ1) is 8.08. The first kappa shape index (κ1) is 11.4. The normalized spacial score (nSPS) is 10.2. The average molecular weight is 253 g/mol. The van der Waals surface area contributed by atoms with E-state index in [1.165, 1.54) is 18.2 Å². The highest BCUT2D eigenvalue weighted by Gasteiger charge is 2.10. The van der Waals surface area contributed by atoms with Crippen LogP contribution in [0.1, 0.15) is 0 Å². The van der Waals surface area contributed by atoms with E-state index in [1.807, 2.05) is 0 Å². The molecule has 0 aromatic heterocycles. The molecular weight excluding hydrogens is 244 g/mol. The number of halogens is 1. The van der Waals surface area contributed by atoms with Gasteiger partial charge in [0.15, 0.2) is 11.5 Å². The van der Waals surface area contributed by atoms with Crippen LogP contribution in [0.15, 0.2) is 36.4 Å². The second-order valence-electron chi connectivity index (χ2n) is 3.34. The summed E-state index contributed by atoms with van der Waals surface area (Å²) in [7, 11) is 0. The lowest BCUT2D eigenvalue weighted by molar-refractivity contribution is 0.401. The zero-order valence-electron chi connectivity index (χ0n) is 8.59. The quantitative estimate of drug-likeness (QED) is 0.767. The molecule has 0 spiro atoms. The number of phenols is 3. The van der Waals surface area contributed by atoms with E-state index in [0.717, 1.165) is 6.07 Å². The Hall–Kier alpha value is -2.07. The van der Waals surface area contributed by atoms with E-state index in [2.05, 4.69) is 0 Å². The Bertz CT molecular complexity index is 554. The zero-order valence-corrected chi connectivity index (χ0v) is 9.35. The fourth-order valence-corrected chi connectivity index (χ4v) is 1.45. The predicted octanol–water partition coefficient (Wildman–Crippen LogP) is 3.25. The fraction of sp³-hybridized carbons (Fsp3) is 0. The van der Waals surface area contributed by atoms with Crippen molar-refractivity contribution >= 4 is 11.6 Å². The van der Waals surface area contributed by atoms with Gasteiger partial charge in [-0.3, -0.25) is 0 Å². The summed E-state index contributed by atoms with van der Waals surface area (Å²) in [5.74, 6) is -0.0494. The van der Waals surface area contributed by atoms with Crippen molar-refractivity contribution in [3.8, 4) is 28.7 Å². The van der Waals surface area contributed by atoms with E-state index in [1.54, 1.807) is 12.1 Å². The Balaban J connectivity index is 2.35. The van der Waals surface area contributed by atoms with Crippen LogP contribution in [0, 0.1) is 0 Å². The summed E-state index contributed by atoms with van der Waals surface area (Å²) in [5, 5.41) is 28.1. The van der Waals surface area contributed by atoms with E-state index in [-0.39, 0.29) is 33.8 Å². The van der Waals surface area contributed by atoms with Crippen molar-refractivity contribution in [3.05, 3.63) is 41.4 Å². The van der Waals surface area contributed by atoms with E-state index >= 15 is 0 Å². The summed E-state index contributed by atoms with van der Waals surface area (Å²) < 4.78 is 5.32. The Morgan fingerprint density at radius 2 is 1.65 bits per heavy atom. The lowest BCUT2D eigenvalue weighted by Crippen LogP contribution is -1.86. The second kappa shape index (κ2) is 4.43. The molecule has 17 heavy (non-hydrogen) atoms. The number of ether oxygens (including phenoxy) is 1. The number of aromatic hydroxyl groups is 3. The Morgan fingerprint density at radius 1 is 0.882 bits per heavy atom. The SMILES string of the molecule is Oc1ccc(Oc2cccc(O)c2Cl)c(O)c1. The third kappa shape index (κ3) is 2.37. The van der Waals surface area contributed by atoms with E-state index in [0.29, 0.717) is 0 Å². The van der Waals surface area contributed by atoms with E-state index in [9.17, 15) is 10.2 Å². The zero-order chi connectivity index (χ0) is 12.4. The molecule has 3 N–H and O–H groups in total. The highest BCUT2D eigenvalue weighted by Crippen LogP contribution is 2.39. The summed E-state index contributed by atoms with van der Waals surface area (Å²) in [5.41, 5.74) is 0. The Kier molecular flexibility index (Phi) is 2.97. The topological polar surface area (TPSA) is 69.9 Å². The van der Waals surface area contributed by atoms with Crippen molar-refractivity contribution in [3.63, 3.8) is 0 Å². The molecule has 2 rings (SSSR count). The van der Waals surface area contributed by atoms with Crippen LogP contribution in [-0.2, 0) is 0 Å². The van der Waals surface area contributed by atoms with Crippen LogP contribution >= 0.6 is 11.6 Å². The summed E-state index contributed by atoms with van der Waals surface area (Å²) >= 11 is 5.82. The lowest BCUT2D eigenvalue weighted by Gasteiger charge is -2.09. The van der Waals surface area contributed by atoms with Crippen LogP contribution in [-0.4, -0.2) is 15.3 Å². The van der Waals surface area contributed by atoms with Gasteiger partial charge in [0.1, 0.15) is 22.3 Å². The fourth-order valence-electron chi connectivity index (χ4n) is 1.29. The standard InChI is InChI=1S/C12H9ClO4/c13-12-8(15)2-1-3-11(12)17-10-5-4-7(14)6-9(10)16/h1-6,14-16H. The minimum atomic E-state index is -0.218. The molecule has 0 atom stereocenters. The Morgan fingerprint density at radius 3 is 2.35 bits per heavy atom. The lowest BCUT2D eigenvalue weighted by atomic mass is 10.3. The van der Waals surface area contributed by atoms with Crippen molar-refractivity contribution in [1.29, 1.82) is 0 Å². The number of benzene rings is 2. The molecule has 2 aromatic rings. The smallest absolute Gasteiger partial charge is 0.169 e. The van der Waals surface area contributed by atoms with Crippen molar-refractivity contribution in [2.45, 2.75) is 0 Å².